The second kappa shape index (κ2) is 8.54. The quantitative estimate of drug-likeness (QED) is 0.510. The molecule has 2 amide bonds. The van der Waals surface area contributed by atoms with E-state index in [4.69, 9.17) is 16.7 Å². The largest absolute Gasteiger partial charge is 0.272 e. The van der Waals surface area contributed by atoms with Gasteiger partial charge in [-0.05, 0) is 36.8 Å². The first-order chi connectivity index (χ1) is 12.2. The average molecular weight is 414 g/mol. The second-order valence-electron chi connectivity index (χ2n) is 5.25. The first kappa shape index (κ1) is 20.2. The van der Waals surface area contributed by atoms with Crippen LogP contribution in [0, 0.1) is 6.92 Å². The van der Waals surface area contributed by atoms with Crippen molar-refractivity contribution in [3.8, 4) is 0 Å². The van der Waals surface area contributed by atoms with Gasteiger partial charge in [-0.3, -0.25) is 20.4 Å². The molecule has 2 aromatic rings. The number of nitrogens with one attached hydrogen (secondary N) is 2. The van der Waals surface area contributed by atoms with Gasteiger partial charge >= 0.3 is 0 Å². The number of hydrogen-bond acceptors (Lipinski definition) is 5. The molecule has 0 aromatic heterocycles. The normalized spacial score (nSPS) is 11.0. The molecule has 7 nitrogen and oxygen atoms in total. The van der Waals surface area contributed by atoms with E-state index in [0.717, 1.165) is 16.5 Å². The molecule has 0 saturated carbocycles. The first-order valence-electron chi connectivity index (χ1n) is 7.28. The van der Waals surface area contributed by atoms with Crippen molar-refractivity contribution in [3.05, 3.63) is 58.6 Å². The fraction of sp³-hybridized carbons (Fsp3) is 0.125. The van der Waals surface area contributed by atoms with Crippen LogP contribution in [0.2, 0.25) is 5.02 Å². The van der Waals surface area contributed by atoms with E-state index in [1.54, 1.807) is 0 Å². The fourth-order valence-electron chi connectivity index (χ4n) is 1.96. The molecule has 2 rings (SSSR count). The van der Waals surface area contributed by atoms with E-state index in [2.05, 4.69) is 10.9 Å². The van der Waals surface area contributed by atoms with Gasteiger partial charge in [0.1, 0.15) is 4.90 Å². The number of halogens is 1. The maximum absolute atomic E-state index is 12.1. The van der Waals surface area contributed by atoms with E-state index >= 15 is 0 Å². The lowest BCUT2D eigenvalue weighted by Crippen LogP contribution is -2.42. The van der Waals surface area contributed by atoms with Gasteiger partial charge in [0.05, 0.1) is 10.8 Å². The molecule has 0 radical (unpaired) electrons. The van der Waals surface area contributed by atoms with E-state index in [-0.39, 0.29) is 21.2 Å². The number of benzene rings is 2. The lowest BCUT2D eigenvalue weighted by molar-refractivity contribution is -0.119. The molecular formula is C16H16ClN3O4S2. The number of amides is 2. The molecule has 2 aromatic carbocycles. The maximum Gasteiger partial charge on any atom is 0.269 e. The van der Waals surface area contributed by atoms with Crippen LogP contribution in [0.3, 0.4) is 0 Å². The summed E-state index contributed by atoms with van der Waals surface area (Å²) in [5.74, 6) is -0.998. The molecule has 0 fully saturated rings. The van der Waals surface area contributed by atoms with Crippen molar-refractivity contribution in [3.63, 3.8) is 0 Å². The van der Waals surface area contributed by atoms with Crippen LogP contribution >= 0.6 is 23.4 Å². The Bertz CT molecular complexity index is 948. The standard InChI is InChI=1S/C16H16ClN3O4S2/c1-10-4-2-3-5-13(10)25-9-15(21)19-20-16(22)11-6-7-12(17)14(8-11)26(18,23)24/h2-8H,9H2,1H3,(H,19,21)(H,20,22)(H2,18,23,24). The second-order valence-corrected chi connectivity index (χ2v) is 8.20. The Morgan fingerprint density at radius 1 is 1.15 bits per heavy atom. The summed E-state index contributed by atoms with van der Waals surface area (Å²) in [5.41, 5.74) is 5.53. The van der Waals surface area contributed by atoms with Crippen LogP contribution in [0.5, 0.6) is 0 Å². The summed E-state index contributed by atoms with van der Waals surface area (Å²) in [7, 11) is -4.07. The minimum atomic E-state index is -4.07. The molecule has 0 spiro atoms. The molecule has 10 heteroatoms. The molecule has 0 unspecified atom stereocenters. The smallest absolute Gasteiger partial charge is 0.269 e. The molecule has 0 aliphatic rings. The van der Waals surface area contributed by atoms with Gasteiger partial charge in [0.15, 0.2) is 0 Å². The number of primary sulfonamides is 1. The summed E-state index contributed by atoms with van der Waals surface area (Å²) in [6, 6.07) is 11.2. The van der Waals surface area contributed by atoms with Crippen molar-refractivity contribution in [1.82, 2.24) is 10.9 Å². The lowest BCUT2D eigenvalue weighted by Gasteiger charge is -2.09. The Morgan fingerprint density at radius 3 is 2.50 bits per heavy atom. The first-order valence-corrected chi connectivity index (χ1v) is 10.2. The summed E-state index contributed by atoms with van der Waals surface area (Å²) in [6.45, 7) is 1.94. The Morgan fingerprint density at radius 2 is 1.85 bits per heavy atom. The predicted octanol–water partition coefficient (Wildman–Crippen LogP) is 1.85. The highest BCUT2D eigenvalue weighted by molar-refractivity contribution is 8.00. The molecule has 0 atom stereocenters. The minimum Gasteiger partial charge on any atom is -0.272 e. The summed E-state index contributed by atoms with van der Waals surface area (Å²) < 4.78 is 22.9. The fourth-order valence-corrected chi connectivity index (χ4v) is 3.86. The lowest BCUT2D eigenvalue weighted by atomic mass is 10.2. The molecule has 4 N–H and O–H groups in total. The van der Waals surface area contributed by atoms with Gasteiger partial charge in [-0.1, -0.05) is 29.8 Å². The van der Waals surface area contributed by atoms with Crippen LogP contribution in [-0.4, -0.2) is 26.0 Å². The Balaban J connectivity index is 1.94. The van der Waals surface area contributed by atoms with Crippen LogP contribution < -0.4 is 16.0 Å². The maximum atomic E-state index is 12.1. The zero-order chi connectivity index (χ0) is 19.3. The summed E-state index contributed by atoms with van der Waals surface area (Å²) in [4.78, 5) is 24.5. The molecular weight excluding hydrogens is 398 g/mol. The highest BCUT2D eigenvalue weighted by atomic mass is 35.5. The summed E-state index contributed by atoms with van der Waals surface area (Å²) >= 11 is 7.10. The van der Waals surface area contributed by atoms with Crippen molar-refractivity contribution in [2.45, 2.75) is 16.7 Å². The number of aryl methyl sites for hydroxylation is 1. The number of sulfonamides is 1. The number of carbonyl (C=O) groups excluding carboxylic acids is 2. The third-order valence-electron chi connectivity index (χ3n) is 3.27. The molecule has 0 bridgehead atoms. The molecule has 26 heavy (non-hydrogen) atoms. The molecule has 0 saturated heterocycles. The zero-order valence-corrected chi connectivity index (χ0v) is 16.0. The Kier molecular flexibility index (Phi) is 6.65. The Labute approximate surface area is 160 Å². The molecule has 0 heterocycles. The van der Waals surface area contributed by atoms with Crippen molar-refractivity contribution in [2.24, 2.45) is 5.14 Å². The number of nitrogens with two attached hydrogens (primary N) is 1. The van der Waals surface area contributed by atoms with Gasteiger partial charge < -0.3 is 0 Å². The highest BCUT2D eigenvalue weighted by Gasteiger charge is 2.16. The van der Waals surface area contributed by atoms with E-state index in [1.807, 2.05) is 31.2 Å². The van der Waals surface area contributed by atoms with E-state index in [9.17, 15) is 18.0 Å². The van der Waals surface area contributed by atoms with E-state index in [0.29, 0.717) is 0 Å². The third-order valence-corrected chi connectivity index (χ3v) is 5.84. The van der Waals surface area contributed by atoms with Crippen LogP contribution in [0.4, 0.5) is 0 Å². The van der Waals surface area contributed by atoms with Gasteiger partial charge in [0.2, 0.25) is 15.9 Å². The molecule has 0 aliphatic heterocycles. The number of hydrogen-bond donors (Lipinski definition) is 3. The van der Waals surface area contributed by atoms with Gasteiger partial charge in [-0.25, -0.2) is 13.6 Å². The average Bonchev–Trinajstić information content (AvgIpc) is 2.58. The van der Waals surface area contributed by atoms with Crippen LogP contribution in [-0.2, 0) is 14.8 Å². The summed E-state index contributed by atoms with van der Waals surface area (Å²) in [6.07, 6.45) is 0. The number of thioether (sulfide) groups is 1. The SMILES string of the molecule is Cc1ccccc1SCC(=O)NNC(=O)c1ccc(Cl)c(S(N)(=O)=O)c1. The number of hydrazine groups is 1. The molecule has 138 valence electrons. The van der Waals surface area contributed by atoms with Crippen molar-refractivity contribution in [2.75, 3.05) is 5.75 Å². The van der Waals surface area contributed by atoms with E-state index in [1.165, 1.54) is 23.9 Å². The minimum absolute atomic E-state index is 0.00900. The molecule has 0 aliphatic carbocycles. The van der Waals surface area contributed by atoms with E-state index < -0.39 is 21.8 Å². The van der Waals surface area contributed by atoms with Crippen LogP contribution in [0.25, 0.3) is 0 Å². The third kappa shape index (κ3) is 5.46. The van der Waals surface area contributed by atoms with Crippen molar-refractivity contribution < 1.29 is 18.0 Å². The highest BCUT2D eigenvalue weighted by Crippen LogP contribution is 2.22. The van der Waals surface area contributed by atoms with Gasteiger partial charge in [0.25, 0.3) is 5.91 Å². The summed E-state index contributed by atoms with van der Waals surface area (Å²) in [5, 5.41) is 4.94. The number of carbonyl (C=O) groups is 2. The van der Waals surface area contributed by atoms with Crippen LogP contribution in [0.15, 0.2) is 52.3 Å². The van der Waals surface area contributed by atoms with Gasteiger partial charge in [-0.15, -0.1) is 11.8 Å². The number of rotatable bonds is 5. The Hall–Kier alpha value is -2.07. The van der Waals surface area contributed by atoms with Crippen molar-refractivity contribution in [1.29, 1.82) is 0 Å². The predicted molar refractivity (Wildman–Crippen MR) is 100 cm³/mol. The van der Waals surface area contributed by atoms with Gasteiger partial charge in [-0.2, -0.15) is 0 Å². The monoisotopic (exact) mass is 413 g/mol. The van der Waals surface area contributed by atoms with Gasteiger partial charge in [0, 0.05) is 10.5 Å². The zero-order valence-electron chi connectivity index (χ0n) is 13.7. The topological polar surface area (TPSA) is 118 Å². The van der Waals surface area contributed by atoms with Crippen LogP contribution in [0.1, 0.15) is 15.9 Å². The van der Waals surface area contributed by atoms with Crippen molar-refractivity contribution >= 4 is 45.2 Å².